The Bertz CT molecular complexity index is 449. The minimum absolute atomic E-state index is 0.365. The van der Waals surface area contributed by atoms with Crippen LogP contribution in [-0.4, -0.2) is 25.8 Å². The zero-order chi connectivity index (χ0) is 12.3. The smallest absolute Gasteiger partial charge is 0.206 e. The lowest BCUT2D eigenvalue weighted by atomic mass is 10.3. The largest absolute Gasteiger partial charge is 0.252 e. The van der Waals surface area contributed by atoms with Crippen LogP contribution in [0.3, 0.4) is 0 Å². The third-order valence-electron chi connectivity index (χ3n) is 2.42. The third kappa shape index (κ3) is 2.59. The van der Waals surface area contributed by atoms with Crippen LogP contribution in [-0.2, 0) is 15.9 Å². The van der Waals surface area contributed by atoms with Crippen molar-refractivity contribution in [3.63, 3.8) is 0 Å². The van der Waals surface area contributed by atoms with Gasteiger partial charge in [-0.15, -0.1) is 22.9 Å². The fourth-order valence-electron chi connectivity index (χ4n) is 1.44. The molecule has 0 spiro atoms. The van der Waals surface area contributed by atoms with E-state index >= 15 is 0 Å². The van der Waals surface area contributed by atoms with Crippen LogP contribution >= 0.6 is 22.9 Å². The molecular formula is C10H16ClNO2S2. The van der Waals surface area contributed by atoms with Gasteiger partial charge in [0, 0.05) is 18.0 Å². The van der Waals surface area contributed by atoms with Crippen LogP contribution in [0.5, 0.6) is 0 Å². The van der Waals surface area contributed by atoms with Gasteiger partial charge in [-0.1, -0.05) is 13.8 Å². The molecule has 0 aliphatic carbocycles. The van der Waals surface area contributed by atoms with Crippen molar-refractivity contribution in [1.29, 1.82) is 0 Å². The van der Waals surface area contributed by atoms with Gasteiger partial charge in [-0.2, -0.15) is 4.31 Å². The second-order valence-corrected chi connectivity index (χ2v) is 6.96. The summed E-state index contributed by atoms with van der Waals surface area (Å²) in [5.74, 6) is 0.365. The van der Waals surface area contributed by atoms with Gasteiger partial charge in [0.05, 0.1) is 5.88 Å². The Balaban J connectivity index is 3.16. The second-order valence-electron chi connectivity index (χ2n) is 3.39. The fraction of sp³-hybridized carbons (Fsp3) is 0.600. The molecule has 0 saturated heterocycles. The minimum atomic E-state index is -3.32. The Morgan fingerprint density at radius 1 is 1.38 bits per heavy atom. The van der Waals surface area contributed by atoms with Gasteiger partial charge in [0.1, 0.15) is 4.21 Å². The highest BCUT2D eigenvalue weighted by Gasteiger charge is 2.24. The standard InChI is InChI=1S/C10H16ClNO2S2/c1-4-12(5-2)16(13,14)10-6-8(3)9(7-11)15-10/h6H,4-5,7H2,1-3H3. The molecule has 0 unspecified atom stereocenters. The maximum atomic E-state index is 12.2. The molecular weight excluding hydrogens is 266 g/mol. The van der Waals surface area contributed by atoms with E-state index in [4.69, 9.17) is 11.6 Å². The predicted molar refractivity (Wildman–Crippen MR) is 68.7 cm³/mol. The maximum Gasteiger partial charge on any atom is 0.252 e. The van der Waals surface area contributed by atoms with Crippen molar-refractivity contribution >= 4 is 33.0 Å². The zero-order valence-electron chi connectivity index (χ0n) is 9.66. The fourth-order valence-corrected chi connectivity index (χ4v) is 4.87. The summed E-state index contributed by atoms with van der Waals surface area (Å²) < 4.78 is 26.2. The Morgan fingerprint density at radius 3 is 2.31 bits per heavy atom. The summed E-state index contributed by atoms with van der Waals surface area (Å²) in [7, 11) is -3.32. The summed E-state index contributed by atoms with van der Waals surface area (Å²) in [5.41, 5.74) is 0.950. The molecule has 0 bridgehead atoms. The van der Waals surface area contributed by atoms with Crippen LogP contribution in [0, 0.1) is 6.92 Å². The molecule has 0 aliphatic heterocycles. The number of nitrogens with zero attached hydrogens (tertiary/aromatic N) is 1. The van der Waals surface area contributed by atoms with E-state index in [-0.39, 0.29) is 0 Å². The van der Waals surface area contributed by atoms with Crippen molar-refractivity contribution in [2.24, 2.45) is 0 Å². The number of hydrogen-bond acceptors (Lipinski definition) is 3. The molecule has 0 fully saturated rings. The van der Waals surface area contributed by atoms with Crippen molar-refractivity contribution in [2.75, 3.05) is 13.1 Å². The predicted octanol–water partition coefficient (Wildman–Crippen LogP) is 2.83. The lowest BCUT2D eigenvalue weighted by Crippen LogP contribution is -2.29. The number of aryl methyl sites for hydroxylation is 1. The monoisotopic (exact) mass is 281 g/mol. The summed E-state index contributed by atoms with van der Waals surface area (Å²) in [4.78, 5) is 0.924. The van der Waals surface area contributed by atoms with Crippen molar-refractivity contribution in [3.05, 3.63) is 16.5 Å². The number of hydrogen-bond donors (Lipinski definition) is 0. The van der Waals surface area contributed by atoms with E-state index in [1.807, 2.05) is 20.8 Å². The lowest BCUT2D eigenvalue weighted by molar-refractivity contribution is 0.447. The second kappa shape index (κ2) is 5.49. The van der Waals surface area contributed by atoms with E-state index in [1.165, 1.54) is 15.6 Å². The average molecular weight is 282 g/mol. The normalized spacial score (nSPS) is 12.3. The van der Waals surface area contributed by atoms with E-state index < -0.39 is 10.0 Å². The Labute approximate surface area is 106 Å². The molecule has 0 aliphatic rings. The zero-order valence-corrected chi connectivity index (χ0v) is 12.0. The highest BCUT2D eigenvalue weighted by atomic mass is 35.5. The van der Waals surface area contributed by atoms with E-state index in [0.29, 0.717) is 23.2 Å². The van der Waals surface area contributed by atoms with Gasteiger partial charge in [-0.25, -0.2) is 8.42 Å². The number of halogens is 1. The Kier molecular flexibility index (Phi) is 4.79. The first-order chi connectivity index (χ1) is 7.47. The number of thiophene rings is 1. The lowest BCUT2D eigenvalue weighted by Gasteiger charge is -2.16. The summed E-state index contributed by atoms with van der Waals surface area (Å²) in [6.45, 7) is 6.54. The molecule has 1 aromatic heterocycles. The van der Waals surface area contributed by atoms with E-state index in [2.05, 4.69) is 0 Å². The molecule has 0 saturated carbocycles. The van der Waals surface area contributed by atoms with E-state index in [9.17, 15) is 8.42 Å². The molecule has 92 valence electrons. The van der Waals surface area contributed by atoms with Crippen LogP contribution in [0.15, 0.2) is 10.3 Å². The third-order valence-corrected chi connectivity index (χ3v) is 6.58. The molecule has 6 heteroatoms. The summed E-state index contributed by atoms with van der Waals surface area (Å²) in [5, 5.41) is 0. The molecule has 0 atom stereocenters. The summed E-state index contributed by atoms with van der Waals surface area (Å²) in [6, 6.07) is 1.70. The summed E-state index contributed by atoms with van der Waals surface area (Å²) >= 11 is 7.01. The maximum absolute atomic E-state index is 12.2. The number of rotatable bonds is 5. The molecule has 0 aromatic carbocycles. The van der Waals surface area contributed by atoms with Gasteiger partial charge < -0.3 is 0 Å². The van der Waals surface area contributed by atoms with Crippen LogP contribution in [0.2, 0.25) is 0 Å². The highest BCUT2D eigenvalue weighted by molar-refractivity contribution is 7.91. The molecule has 0 amide bonds. The van der Waals surface area contributed by atoms with Crippen molar-refractivity contribution in [3.8, 4) is 0 Å². The topological polar surface area (TPSA) is 37.4 Å². The molecule has 1 rings (SSSR count). The van der Waals surface area contributed by atoms with E-state index in [1.54, 1.807) is 6.07 Å². The molecule has 0 radical (unpaired) electrons. The molecule has 1 heterocycles. The first kappa shape index (κ1) is 14.0. The number of alkyl halides is 1. The number of sulfonamides is 1. The molecule has 0 N–H and O–H groups in total. The van der Waals surface area contributed by atoms with Crippen LogP contribution in [0.1, 0.15) is 24.3 Å². The molecule has 16 heavy (non-hydrogen) atoms. The minimum Gasteiger partial charge on any atom is -0.206 e. The quantitative estimate of drug-likeness (QED) is 0.779. The van der Waals surface area contributed by atoms with Gasteiger partial charge in [-0.05, 0) is 18.6 Å². The average Bonchev–Trinajstić information content (AvgIpc) is 2.61. The van der Waals surface area contributed by atoms with Gasteiger partial charge in [0.25, 0.3) is 10.0 Å². The van der Waals surface area contributed by atoms with Crippen LogP contribution in [0.25, 0.3) is 0 Å². The van der Waals surface area contributed by atoms with Crippen molar-refractivity contribution in [2.45, 2.75) is 30.9 Å². The SMILES string of the molecule is CCN(CC)S(=O)(=O)c1cc(C)c(CCl)s1. The van der Waals surface area contributed by atoms with Gasteiger partial charge >= 0.3 is 0 Å². The van der Waals surface area contributed by atoms with Gasteiger partial charge in [-0.3, -0.25) is 0 Å². The molecule has 3 nitrogen and oxygen atoms in total. The highest BCUT2D eigenvalue weighted by Crippen LogP contribution is 2.29. The summed E-state index contributed by atoms with van der Waals surface area (Å²) in [6.07, 6.45) is 0. The first-order valence-electron chi connectivity index (χ1n) is 5.12. The van der Waals surface area contributed by atoms with Gasteiger partial charge in [0.2, 0.25) is 0 Å². The van der Waals surface area contributed by atoms with Crippen molar-refractivity contribution < 1.29 is 8.42 Å². The van der Waals surface area contributed by atoms with Crippen molar-refractivity contribution in [1.82, 2.24) is 4.31 Å². The first-order valence-corrected chi connectivity index (χ1v) is 7.91. The van der Waals surface area contributed by atoms with E-state index in [0.717, 1.165) is 10.4 Å². The van der Waals surface area contributed by atoms with Gasteiger partial charge in [0.15, 0.2) is 0 Å². The Morgan fingerprint density at radius 2 is 1.94 bits per heavy atom. The Hall–Kier alpha value is -0.100. The molecule has 1 aromatic rings. The van der Waals surface area contributed by atoms with Crippen LogP contribution < -0.4 is 0 Å². The van der Waals surface area contributed by atoms with Crippen LogP contribution in [0.4, 0.5) is 0 Å².